The third-order valence-electron chi connectivity index (χ3n) is 5.49. The number of carbonyl (C=O) groups is 1. The van der Waals surface area contributed by atoms with Gasteiger partial charge < -0.3 is 14.0 Å². The van der Waals surface area contributed by atoms with Crippen LogP contribution in [0, 0.1) is 0 Å². The summed E-state index contributed by atoms with van der Waals surface area (Å²) in [5.74, 6) is 1.43. The van der Waals surface area contributed by atoms with E-state index in [-0.39, 0.29) is 5.91 Å². The zero-order valence-electron chi connectivity index (χ0n) is 17.1. The van der Waals surface area contributed by atoms with Crippen LogP contribution in [0.1, 0.15) is 11.5 Å². The minimum atomic E-state index is 0.172. The normalized spacial score (nSPS) is 14.8. The van der Waals surface area contributed by atoms with Crippen LogP contribution >= 0.6 is 11.3 Å². The largest absolute Gasteiger partial charge is 0.340 e. The zero-order valence-corrected chi connectivity index (χ0v) is 17.9. The first-order valence-corrected chi connectivity index (χ1v) is 11.2. The predicted molar refractivity (Wildman–Crippen MR) is 119 cm³/mol. The van der Waals surface area contributed by atoms with Gasteiger partial charge in [-0.15, -0.1) is 11.3 Å². The lowest BCUT2D eigenvalue weighted by Gasteiger charge is -2.34. The van der Waals surface area contributed by atoms with Crippen molar-refractivity contribution in [1.29, 1.82) is 0 Å². The summed E-state index contributed by atoms with van der Waals surface area (Å²) in [4.78, 5) is 22.4. The van der Waals surface area contributed by atoms with E-state index in [2.05, 4.69) is 31.7 Å². The van der Waals surface area contributed by atoms with Crippen LogP contribution in [-0.4, -0.2) is 56.6 Å². The predicted octanol–water partition coefficient (Wildman–Crippen LogP) is 3.48. The molecule has 3 aromatic heterocycles. The summed E-state index contributed by atoms with van der Waals surface area (Å²) in [6.07, 6.45) is 4.45. The van der Waals surface area contributed by atoms with E-state index in [9.17, 15) is 4.79 Å². The van der Waals surface area contributed by atoms with E-state index in [1.165, 1.54) is 0 Å². The third-order valence-corrected chi connectivity index (χ3v) is 6.35. The van der Waals surface area contributed by atoms with Gasteiger partial charge in [0.15, 0.2) is 0 Å². The van der Waals surface area contributed by atoms with Gasteiger partial charge in [-0.3, -0.25) is 9.69 Å². The van der Waals surface area contributed by atoms with Gasteiger partial charge in [-0.1, -0.05) is 23.4 Å². The Hall–Kier alpha value is -3.23. The standard InChI is InChI=1S/C23H23N5O2S/c29-22(16-18-5-7-19(8-6-18)27-9-1-2-10-27)28-13-11-26(12-14-28)17-21-24-23(25-30-21)20-4-3-15-31-20/h1-10,15H,11-14,16-17H2. The molecule has 158 valence electrons. The molecule has 0 saturated carbocycles. The molecule has 5 rings (SSSR count). The fourth-order valence-corrected chi connectivity index (χ4v) is 4.40. The first-order valence-electron chi connectivity index (χ1n) is 10.3. The SMILES string of the molecule is O=C(Cc1ccc(-n2cccc2)cc1)N1CCN(Cc2nc(-c3cccs3)no2)CC1. The molecule has 0 radical (unpaired) electrons. The van der Waals surface area contributed by atoms with Crippen LogP contribution < -0.4 is 0 Å². The molecule has 8 heteroatoms. The topological polar surface area (TPSA) is 67.4 Å². The van der Waals surface area contributed by atoms with Crippen LogP contribution in [-0.2, 0) is 17.8 Å². The van der Waals surface area contributed by atoms with E-state index in [4.69, 9.17) is 4.52 Å². The smallest absolute Gasteiger partial charge is 0.241 e. The number of piperazine rings is 1. The van der Waals surface area contributed by atoms with E-state index in [1.54, 1.807) is 11.3 Å². The Balaban J connectivity index is 1.11. The van der Waals surface area contributed by atoms with Crippen molar-refractivity contribution in [3.8, 4) is 16.4 Å². The second kappa shape index (κ2) is 8.87. The minimum absolute atomic E-state index is 0.172. The second-order valence-electron chi connectivity index (χ2n) is 7.58. The molecule has 4 heterocycles. The molecular formula is C23H23N5O2S. The van der Waals surface area contributed by atoms with Crippen molar-refractivity contribution in [1.82, 2.24) is 24.5 Å². The van der Waals surface area contributed by atoms with E-state index in [0.717, 1.165) is 29.2 Å². The average Bonchev–Trinajstić information content (AvgIpc) is 3.57. The van der Waals surface area contributed by atoms with Crippen LogP contribution in [0.3, 0.4) is 0 Å². The Morgan fingerprint density at radius 2 is 1.77 bits per heavy atom. The minimum Gasteiger partial charge on any atom is -0.340 e. The molecule has 0 bridgehead atoms. The lowest BCUT2D eigenvalue weighted by atomic mass is 10.1. The van der Waals surface area contributed by atoms with E-state index in [0.29, 0.717) is 37.8 Å². The molecule has 0 N–H and O–H groups in total. The number of hydrogen-bond donors (Lipinski definition) is 0. The summed E-state index contributed by atoms with van der Waals surface area (Å²) >= 11 is 1.60. The number of thiophene rings is 1. The highest BCUT2D eigenvalue weighted by atomic mass is 32.1. The van der Waals surface area contributed by atoms with Crippen molar-refractivity contribution >= 4 is 17.2 Å². The molecule has 0 spiro atoms. The maximum atomic E-state index is 12.7. The summed E-state index contributed by atoms with van der Waals surface area (Å²) in [7, 11) is 0. The number of nitrogens with zero attached hydrogens (tertiary/aromatic N) is 5. The molecule has 1 amide bonds. The van der Waals surface area contributed by atoms with E-state index in [1.807, 2.05) is 59.1 Å². The Morgan fingerprint density at radius 3 is 2.48 bits per heavy atom. The highest BCUT2D eigenvalue weighted by Crippen LogP contribution is 2.22. The monoisotopic (exact) mass is 433 g/mol. The zero-order chi connectivity index (χ0) is 21.0. The van der Waals surface area contributed by atoms with Crippen LogP contribution in [0.2, 0.25) is 0 Å². The van der Waals surface area contributed by atoms with Crippen LogP contribution in [0.5, 0.6) is 0 Å². The Labute approximate surface area is 184 Å². The van der Waals surface area contributed by atoms with Crippen molar-refractivity contribution in [3.05, 3.63) is 77.8 Å². The molecule has 1 saturated heterocycles. The molecule has 1 aliphatic rings. The molecule has 1 aliphatic heterocycles. The maximum Gasteiger partial charge on any atom is 0.241 e. The van der Waals surface area contributed by atoms with Gasteiger partial charge >= 0.3 is 0 Å². The lowest BCUT2D eigenvalue weighted by molar-refractivity contribution is -0.132. The maximum absolute atomic E-state index is 12.7. The van der Waals surface area contributed by atoms with Crippen molar-refractivity contribution in [2.24, 2.45) is 0 Å². The summed E-state index contributed by atoms with van der Waals surface area (Å²) < 4.78 is 7.46. The Morgan fingerprint density at radius 1 is 1.00 bits per heavy atom. The summed E-state index contributed by atoms with van der Waals surface area (Å²) in [6, 6.07) is 16.1. The summed E-state index contributed by atoms with van der Waals surface area (Å²) in [6.45, 7) is 3.64. The van der Waals surface area contributed by atoms with Gasteiger partial charge in [0.25, 0.3) is 0 Å². The van der Waals surface area contributed by atoms with Crippen molar-refractivity contribution < 1.29 is 9.32 Å². The fourth-order valence-electron chi connectivity index (χ4n) is 3.75. The molecule has 0 unspecified atom stereocenters. The van der Waals surface area contributed by atoms with E-state index < -0.39 is 0 Å². The van der Waals surface area contributed by atoms with Crippen LogP contribution in [0.15, 0.2) is 70.8 Å². The highest BCUT2D eigenvalue weighted by molar-refractivity contribution is 7.13. The van der Waals surface area contributed by atoms with E-state index >= 15 is 0 Å². The van der Waals surface area contributed by atoms with Crippen molar-refractivity contribution in [2.45, 2.75) is 13.0 Å². The van der Waals surface area contributed by atoms with Crippen LogP contribution in [0.4, 0.5) is 0 Å². The quantitative estimate of drug-likeness (QED) is 0.466. The number of amides is 1. The van der Waals surface area contributed by atoms with Crippen molar-refractivity contribution in [2.75, 3.05) is 26.2 Å². The first-order chi connectivity index (χ1) is 15.2. The molecule has 0 aliphatic carbocycles. The fraction of sp³-hybridized carbons (Fsp3) is 0.261. The van der Waals surface area contributed by atoms with Gasteiger partial charge in [-0.2, -0.15) is 4.98 Å². The highest BCUT2D eigenvalue weighted by Gasteiger charge is 2.23. The Bertz CT molecular complexity index is 1110. The number of aromatic nitrogens is 3. The molecule has 31 heavy (non-hydrogen) atoms. The Kier molecular flexibility index (Phi) is 5.64. The number of benzene rings is 1. The molecule has 0 atom stereocenters. The lowest BCUT2D eigenvalue weighted by Crippen LogP contribution is -2.48. The summed E-state index contributed by atoms with van der Waals surface area (Å²) in [5, 5.41) is 6.07. The van der Waals surface area contributed by atoms with Crippen molar-refractivity contribution in [3.63, 3.8) is 0 Å². The van der Waals surface area contributed by atoms with Gasteiger partial charge in [-0.25, -0.2) is 0 Å². The molecule has 1 fully saturated rings. The van der Waals surface area contributed by atoms with Gasteiger partial charge in [0.05, 0.1) is 17.8 Å². The number of rotatable bonds is 6. The van der Waals surface area contributed by atoms with Gasteiger partial charge in [0.1, 0.15) is 0 Å². The molecular weight excluding hydrogens is 410 g/mol. The average molecular weight is 434 g/mol. The third kappa shape index (κ3) is 4.60. The molecule has 4 aromatic rings. The molecule has 7 nitrogen and oxygen atoms in total. The molecule has 1 aromatic carbocycles. The van der Waals surface area contributed by atoms with Crippen LogP contribution in [0.25, 0.3) is 16.4 Å². The number of carbonyl (C=O) groups excluding carboxylic acids is 1. The number of hydrogen-bond acceptors (Lipinski definition) is 6. The second-order valence-corrected chi connectivity index (χ2v) is 8.53. The van der Waals surface area contributed by atoms with Gasteiger partial charge in [0.2, 0.25) is 17.6 Å². The van der Waals surface area contributed by atoms with Gasteiger partial charge in [0, 0.05) is 44.3 Å². The van der Waals surface area contributed by atoms with Gasteiger partial charge in [-0.05, 0) is 41.3 Å². The first kappa shape index (κ1) is 19.7. The summed E-state index contributed by atoms with van der Waals surface area (Å²) in [5.41, 5.74) is 2.13.